The molecule has 0 fully saturated rings. The van der Waals surface area contributed by atoms with Crippen LogP contribution in [0.4, 0.5) is 17.6 Å². The molecule has 2 aromatic carbocycles. The lowest BCUT2D eigenvalue weighted by molar-refractivity contribution is -0.137. The second-order valence-corrected chi connectivity index (χ2v) is 4.34. The number of rotatable bonds is 3. The molecule has 0 heterocycles. The van der Waals surface area contributed by atoms with E-state index in [1.807, 2.05) is 0 Å². The average Bonchev–Trinajstić information content (AvgIpc) is 2.45. The highest BCUT2D eigenvalue weighted by atomic mass is 19.4. The van der Waals surface area contributed by atoms with E-state index >= 15 is 0 Å². The Bertz CT molecular complexity index is 678. The average molecular weight is 298 g/mol. The molecule has 0 bridgehead atoms. The number of carbonyl (C=O) groups is 1. The number of benzene rings is 2. The number of aldehydes is 1. The summed E-state index contributed by atoms with van der Waals surface area (Å²) in [7, 11) is 1.36. The number of alkyl halides is 3. The van der Waals surface area contributed by atoms with Crippen molar-refractivity contribution in [1.29, 1.82) is 0 Å². The van der Waals surface area contributed by atoms with Crippen molar-refractivity contribution >= 4 is 6.29 Å². The highest BCUT2D eigenvalue weighted by Crippen LogP contribution is 2.34. The standard InChI is InChI=1S/C15H10F4O2/c1-21-14-3-9(8-20)2-10(6-14)11-4-12(15(17,18)19)7-13(16)5-11/h2-8H,1H3. The minimum Gasteiger partial charge on any atom is -0.497 e. The third kappa shape index (κ3) is 3.39. The maximum absolute atomic E-state index is 13.4. The van der Waals surface area contributed by atoms with Crippen LogP contribution in [0.1, 0.15) is 15.9 Å². The van der Waals surface area contributed by atoms with Crippen molar-refractivity contribution in [3.8, 4) is 16.9 Å². The van der Waals surface area contributed by atoms with Crippen molar-refractivity contribution in [1.82, 2.24) is 0 Å². The van der Waals surface area contributed by atoms with Gasteiger partial charge in [0.05, 0.1) is 12.7 Å². The molecule has 0 unspecified atom stereocenters. The Morgan fingerprint density at radius 1 is 1.00 bits per heavy atom. The fraction of sp³-hybridized carbons (Fsp3) is 0.133. The normalized spacial score (nSPS) is 11.3. The van der Waals surface area contributed by atoms with Gasteiger partial charge in [-0.2, -0.15) is 13.2 Å². The molecule has 110 valence electrons. The van der Waals surface area contributed by atoms with Crippen LogP contribution in [0.5, 0.6) is 5.75 Å². The van der Waals surface area contributed by atoms with Gasteiger partial charge >= 0.3 is 6.18 Å². The van der Waals surface area contributed by atoms with Crippen molar-refractivity contribution in [2.45, 2.75) is 6.18 Å². The fourth-order valence-corrected chi connectivity index (χ4v) is 1.89. The second-order valence-electron chi connectivity index (χ2n) is 4.34. The zero-order valence-corrected chi connectivity index (χ0v) is 10.9. The monoisotopic (exact) mass is 298 g/mol. The van der Waals surface area contributed by atoms with Crippen LogP contribution < -0.4 is 4.74 Å². The summed E-state index contributed by atoms with van der Waals surface area (Å²) in [6, 6.07) is 6.45. The van der Waals surface area contributed by atoms with Gasteiger partial charge in [0, 0.05) is 5.56 Å². The summed E-state index contributed by atoms with van der Waals surface area (Å²) >= 11 is 0. The lowest BCUT2D eigenvalue weighted by Crippen LogP contribution is -2.05. The van der Waals surface area contributed by atoms with Crippen molar-refractivity contribution < 1.29 is 27.1 Å². The first-order valence-electron chi connectivity index (χ1n) is 5.86. The molecule has 21 heavy (non-hydrogen) atoms. The molecule has 0 aliphatic rings. The summed E-state index contributed by atoms with van der Waals surface area (Å²) in [6.07, 6.45) is -4.11. The summed E-state index contributed by atoms with van der Waals surface area (Å²) in [6.45, 7) is 0. The van der Waals surface area contributed by atoms with Crippen molar-refractivity contribution in [2.24, 2.45) is 0 Å². The summed E-state index contributed by atoms with van der Waals surface area (Å²) in [4.78, 5) is 10.8. The molecular formula is C15H10F4O2. The maximum Gasteiger partial charge on any atom is 0.416 e. The zero-order valence-electron chi connectivity index (χ0n) is 10.9. The van der Waals surface area contributed by atoms with Crippen LogP contribution in [0.2, 0.25) is 0 Å². The number of hydrogen-bond acceptors (Lipinski definition) is 2. The molecule has 0 N–H and O–H groups in total. The van der Waals surface area contributed by atoms with Crippen molar-refractivity contribution in [3.05, 3.63) is 53.3 Å². The number of halogens is 4. The van der Waals surface area contributed by atoms with Crippen molar-refractivity contribution in [3.63, 3.8) is 0 Å². The number of methoxy groups -OCH3 is 1. The minimum atomic E-state index is -4.65. The molecule has 0 aliphatic carbocycles. The lowest BCUT2D eigenvalue weighted by Gasteiger charge is -2.11. The molecule has 0 amide bonds. The van der Waals surface area contributed by atoms with E-state index in [1.54, 1.807) is 0 Å². The molecule has 0 saturated heterocycles. The highest BCUT2D eigenvalue weighted by molar-refractivity contribution is 5.80. The van der Waals surface area contributed by atoms with Gasteiger partial charge in [0.1, 0.15) is 17.9 Å². The van der Waals surface area contributed by atoms with E-state index < -0.39 is 17.6 Å². The molecule has 2 nitrogen and oxygen atoms in total. The molecule has 0 saturated carbocycles. The third-order valence-corrected chi connectivity index (χ3v) is 2.86. The quantitative estimate of drug-likeness (QED) is 0.622. The van der Waals surface area contributed by atoms with Crippen LogP contribution in [0, 0.1) is 5.82 Å². The van der Waals surface area contributed by atoms with Crippen LogP contribution in [-0.4, -0.2) is 13.4 Å². The van der Waals surface area contributed by atoms with Crippen LogP contribution in [-0.2, 0) is 6.18 Å². The van der Waals surface area contributed by atoms with Crippen molar-refractivity contribution in [2.75, 3.05) is 7.11 Å². The Balaban J connectivity index is 2.61. The second kappa shape index (κ2) is 5.55. The molecule has 0 atom stereocenters. The van der Waals surface area contributed by atoms with Gasteiger partial charge in [0.15, 0.2) is 0 Å². The maximum atomic E-state index is 13.4. The minimum absolute atomic E-state index is 0.0179. The van der Waals surface area contributed by atoms with E-state index in [1.165, 1.54) is 25.3 Å². The van der Waals surface area contributed by atoms with E-state index in [-0.39, 0.29) is 16.7 Å². The summed E-state index contributed by atoms with van der Waals surface area (Å²) in [5.41, 5.74) is -0.582. The number of hydrogen-bond donors (Lipinski definition) is 0. The first kappa shape index (κ1) is 15.0. The molecule has 2 aromatic rings. The molecule has 2 rings (SSSR count). The fourth-order valence-electron chi connectivity index (χ4n) is 1.89. The van der Waals surface area contributed by atoms with Gasteiger partial charge in [-0.05, 0) is 47.5 Å². The summed E-state index contributed by atoms with van der Waals surface area (Å²) in [5, 5.41) is 0. The predicted molar refractivity (Wildman–Crippen MR) is 68.8 cm³/mol. The SMILES string of the molecule is COc1cc(C=O)cc(-c2cc(F)cc(C(F)(F)F)c2)c1. The van der Waals surface area contributed by atoms with Gasteiger partial charge in [-0.1, -0.05) is 0 Å². The topological polar surface area (TPSA) is 26.3 Å². The van der Waals surface area contributed by atoms with Crippen LogP contribution >= 0.6 is 0 Å². The van der Waals surface area contributed by atoms with Gasteiger partial charge in [0.25, 0.3) is 0 Å². The smallest absolute Gasteiger partial charge is 0.416 e. The van der Waals surface area contributed by atoms with Gasteiger partial charge in [-0.15, -0.1) is 0 Å². The molecule has 0 aromatic heterocycles. The molecule has 0 aliphatic heterocycles. The van der Waals surface area contributed by atoms with E-state index in [4.69, 9.17) is 4.74 Å². The Labute approximate surface area is 118 Å². The van der Waals surface area contributed by atoms with E-state index in [9.17, 15) is 22.4 Å². The third-order valence-electron chi connectivity index (χ3n) is 2.86. The summed E-state index contributed by atoms with van der Waals surface area (Å²) in [5.74, 6) is -0.706. The Morgan fingerprint density at radius 3 is 2.24 bits per heavy atom. The van der Waals surface area contributed by atoms with Gasteiger partial charge in [-0.25, -0.2) is 4.39 Å². The molecule has 0 spiro atoms. The predicted octanol–water partition coefficient (Wildman–Crippen LogP) is 4.33. The Hall–Kier alpha value is -2.37. The highest BCUT2D eigenvalue weighted by Gasteiger charge is 2.31. The van der Waals surface area contributed by atoms with Crippen LogP contribution in [0.25, 0.3) is 11.1 Å². The lowest BCUT2D eigenvalue weighted by atomic mass is 10.0. The first-order chi connectivity index (χ1) is 9.83. The Kier molecular flexibility index (Phi) is 3.97. The first-order valence-corrected chi connectivity index (χ1v) is 5.86. The molecular weight excluding hydrogens is 288 g/mol. The zero-order chi connectivity index (χ0) is 15.6. The van der Waals surface area contributed by atoms with Crippen LogP contribution in [0.3, 0.4) is 0 Å². The van der Waals surface area contributed by atoms with Gasteiger partial charge in [-0.3, -0.25) is 4.79 Å². The Morgan fingerprint density at radius 2 is 1.67 bits per heavy atom. The van der Waals surface area contributed by atoms with E-state index in [0.29, 0.717) is 18.1 Å². The number of ether oxygens (including phenoxy) is 1. The van der Waals surface area contributed by atoms with E-state index in [0.717, 1.165) is 12.1 Å². The van der Waals surface area contributed by atoms with Gasteiger partial charge in [0.2, 0.25) is 0 Å². The van der Waals surface area contributed by atoms with E-state index in [2.05, 4.69) is 0 Å². The molecule has 6 heteroatoms. The molecule has 0 radical (unpaired) electrons. The number of carbonyl (C=O) groups excluding carboxylic acids is 1. The van der Waals surface area contributed by atoms with Gasteiger partial charge < -0.3 is 4.74 Å². The van der Waals surface area contributed by atoms with Crippen LogP contribution in [0.15, 0.2) is 36.4 Å². The summed E-state index contributed by atoms with van der Waals surface area (Å²) < 4.78 is 56.5. The largest absolute Gasteiger partial charge is 0.497 e.